The molecule has 0 aromatic heterocycles. The van der Waals surface area contributed by atoms with Crippen molar-refractivity contribution >= 4 is 29.7 Å². The predicted octanol–water partition coefficient (Wildman–Crippen LogP) is 1.70. The van der Waals surface area contributed by atoms with E-state index >= 15 is 0 Å². The lowest BCUT2D eigenvalue weighted by atomic mass is 9.77. The zero-order chi connectivity index (χ0) is 18.7. The van der Waals surface area contributed by atoms with E-state index in [4.69, 9.17) is 10.3 Å². The van der Waals surface area contributed by atoms with Gasteiger partial charge in [-0.15, -0.1) is 0 Å². The molecule has 2 aliphatic heterocycles. The molecule has 0 aliphatic carbocycles. The summed E-state index contributed by atoms with van der Waals surface area (Å²) in [5, 5.41) is 17.7. The van der Waals surface area contributed by atoms with Crippen LogP contribution in [0.25, 0.3) is 6.08 Å². The van der Waals surface area contributed by atoms with Crippen LogP contribution < -0.4 is 10.4 Å². The van der Waals surface area contributed by atoms with Gasteiger partial charge < -0.3 is 14.9 Å². The van der Waals surface area contributed by atoms with Crippen LogP contribution >= 0.6 is 0 Å². The van der Waals surface area contributed by atoms with Crippen molar-refractivity contribution < 1.29 is 24.7 Å². The highest BCUT2D eigenvalue weighted by Gasteiger charge is 2.49. The third-order valence-electron chi connectivity index (χ3n) is 5.26. The Labute approximate surface area is 150 Å². The minimum atomic E-state index is -0.945. The number of hydroxylamine groups is 1. The first-order valence-electron chi connectivity index (χ1n) is 8.48. The van der Waals surface area contributed by atoms with Gasteiger partial charge in [-0.05, 0) is 37.0 Å². The first-order chi connectivity index (χ1) is 12.5. The van der Waals surface area contributed by atoms with Crippen LogP contribution in [0.4, 0.5) is 10.5 Å². The Morgan fingerprint density at radius 1 is 1.12 bits per heavy atom. The molecule has 3 N–H and O–H groups in total. The molecule has 0 radical (unpaired) electrons. The third kappa shape index (κ3) is 3.28. The smallest absolute Gasteiger partial charge is 0.407 e. The standard InChI is InChI=1S/C18H21N3O5/c22-15(19-26)6-5-13-3-1-2-4-14(13)21-12-9-18(16(21)23)7-10-20(11-8-18)17(24)25/h1-6,26H,7-12H2,(H,19,22)(H,24,25)/b6-5+. The Bertz CT molecular complexity index is 753. The number of carbonyl (C=O) groups is 3. The Kier molecular flexibility index (Phi) is 4.94. The summed E-state index contributed by atoms with van der Waals surface area (Å²) in [6, 6.07) is 7.24. The second kappa shape index (κ2) is 7.17. The van der Waals surface area contributed by atoms with E-state index < -0.39 is 17.4 Å². The van der Waals surface area contributed by atoms with Crippen molar-refractivity contribution in [3.05, 3.63) is 35.9 Å². The van der Waals surface area contributed by atoms with Crippen LogP contribution in [0, 0.1) is 5.41 Å². The number of carbonyl (C=O) groups excluding carboxylic acids is 2. The number of piperidine rings is 1. The fraction of sp³-hybridized carbons (Fsp3) is 0.389. The SMILES string of the molecule is O=C(/C=C/c1ccccc1N1CCC2(CCN(C(=O)O)CC2)C1=O)NO. The van der Waals surface area contributed by atoms with Crippen LogP contribution in [-0.2, 0) is 9.59 Å². The molecule has 138 valence electrons. The van der Waals surface area contributed by atoms with Gasteiger partial charge in [0.25, 0.3) is 5.91 Å². The monoisotopic (exact) mass is 359 g/mol. The van der Waals surface area contributed by atoms with E-state index in [1.807, 2.05) is 18.2 Å². The molecule has 2 saturated heterocycles. The first kappa shape index (κ1) is 17.9. The number of likely N-dealkylation sites (tertiary alicyclic amines) is 1. The summed E-state index contributed by atoms with van der Waals surface area (Å²) in [4.78, 5) is 38.5. The molecule has 0 saturated carbocycles. The molecule has 1 aromatic carbocycles. The number of hydrogen-bond acceptors (Lipinski definition) is 4. The summed E-state index contributed by atoms with van der Waals surface area (Å²) in [7, 11) is 0. The Balaban J connectivity index is 1.80. The van der Waals surface area contributed by atoms with Gasteiger partial charge in [-0.25, -0.2) is 10.3 Å². The summed E-state index contributed by atoms with van der Waals surface area (Å²) in [6.07, 6.45) is 3.54. The normalized spacial score (nSPS) is 19.3. The van der Waals surface area contributed by atoms with Crippen molar-refractivity contribution in [3.8, 4) is 0 Å². The Morgan fingerprint density at radius 3 is 2.42 bits per heavy atom. The van der Waals surface area contributed by atoms with Gasteiger partial charge in [-0.3, -0.25) is 14.8 Å². The number of anilines is 1. The molecule has 8 heteroatoms. The summed E-state index contributed by atoms with van der Waals surface area (Å²) in [5.74, 6) is -0.639. The van der Waals surface area contributed by atoms with Crippen molar-refractivity contribution in [2.24, 2.45) is 5.41 Å². The van der Waals surface area contributed by atoms with E-state index in [9.17, 15) is 14.4 Å². The molecule has 3 rings (SSSR count). The van der Waals surface area contributed by atoms with E-state index in [1.54, 1.807) is 17.0 Å². The molecule has 1 aromatic rings. The zero-order valence-corrected chi connectivity index (χ0v) is 14.2. The average molecular weight is 359 g/mol. The Morgan fingerprint density at radius 2 is 1.77 bits per heavy atom. The molecular formula is C18H21N3O5. The van der Waals surface area contributed by atoms with Gasteiger partial charge in [-0.2, -0.15) is 0 Å². The molecule has 2 fully saturated rings. The van der Waals surface area contributed by atoms with Crippen LogP contribution in [0.2, 0.25) is 0 Å². The molecule has 8 nitrogen and oxygen atoms in total. The van der Waals surface area contributed by atoms with E-state index in [0.717, 1.165) is 0 Å². The van der Waals surface area contributed by atoms with Gasteiger partial charge in [0.1, 0.15) is 0 Å². The lowest BCUT2D eigenvalue weighted by Crippen LogP contribution is -2.46. The molecule has 26 heavy (non-hydrogen) atoms. The number of rotatable bonds is 3. The summed E-state index contributed by atoms with van der Waals surface area (Å²) in [6.45, 7) is 1.29. The number of carboxylic acid groups (broad SMARTS) is 1. The number of benzene rings is 1. The van der Waals surface area contributed by atoms with Crippen molar-refractivity contribution in [1.82, 2.24) is 10.4 Å². The van der Waals surface area contributed by atoms with E-state index in [-0.39, 0.29) is 5.91 Å². The number of nitrogens with one attached hydrogen (secondary N) is 1. The van der Waals surface area contributed by atoms with Gasteiger partial charge in [0, 0.05) is 25.7 Å². The highest BCUT2D eigenvalue weighted by molar-refractivity contribution is 6.02. The maximum atomic E-state index is 13.1. The highest BCUT2D eigenvalue weighted by atomic mass is 16.5. The van der Waals surface area contributed by atoms with E-state index in [0.29, 0.717) is 50.1 Å². The average Bonchev–Trinajstić information content (AvgIpc) is 2.96. The first-order valence-corrected chi connectivity index (χ1v) is 8.48. The fourth-order valence-corrected chi connectivity index (χ4v) is 3.72. The van der Waals surface area contributed by atoms with Gasteiger partial charge in [-0.1, -0.05) is 18.2 Å². The quantitative estimate of drug-likeness (QED) is 0.432. The zero-order valence-electron chi connectivity index (χ0n) is 14.2. The van der Waals surface area contributed by atoms with Crippen LogP contribution in [-0.4, -0.2) is 52.8 Å². The van der Waals surface area contributed by atoms with Crippen molar-refractivity contribution in [2.75, 3.05) is 24.5 Å². The topological polar surface area (TPSA) is 110 Å². The third-order valence-corrected chi connectivity index (χ3v) is 5.26. The molecule has 0 bridgehead atoms. The van der Waals surface area contributed by atoms with E-state index in [1.165, 1.54) is 16.5 Å². The lowest BCUT2D eigenvalue weighted by Gasteiger charge is -2.36. The van der Waals surface area contributed by atoms with Crippen molar-refractivity contribution in [2.45, 2.75) is 19.3 Å². The molecule has 0 atom stereocenters. The summed E-state index contributed by atoms with van der Waals surface area (Å²) in [5.41, 5.74) is 2.43. The number of hydrogen-bond donors (Lipinski definition) is 3. The van der Waals surface area contributed by atoms with Crippen LogP contribution in [0.5, 0.6) is 0 Å². The maximum Gasteiger partial charge on any atom is 0.407 e. The number of amides is 3. The minimum Gasteiger partial charge on any atom is -0.465 e. The molecule has 2 aliphatic rings. The van der Waals surface area contributed by atoms with Crippen molar-refractivity contribution in [1.29, 1.82) is 0 Å². The van der Waals surface area contributed by atoms with Gasteiger partial charge in [0.15, 0.2) is 0 Å². The van der Waals surface area contributed by atoms with Crippen molar-refractivity contribution in [3.63, 3.8) is 0 Å². The highest BCUT2D eigenvalue weighted by Crippen LogP contribution is 2.43. The summed E-state index contributed by atoms with van der Waals surface area (Å²) < 4.78 is 0. The number of para-hydroxylation sites is 1. The molecule has 3 amide bonds. The molecule has 0 unspecified atom stereocenters. The van der Waals surface area contributed by atoms with Gasteiger partial charge in [0.2, 0.25) is 5.91 Å². The van der Waals surface area contributed by atoms with Crippen LogP contribution in [0.15, 0.2) is 30.3 Å². The van der Waals surface area contributed by atoms with Crippen LogP contribution in [0.1, 0.15) is 24.8 Å². The lowest BCUT2D eigenvalue weighted by molar-refractivity contribution is -0.127. The van der Waals surface area contributed by atoms with Crippen LogP contribution in [0.3, 0.4) is 0 Å². The summed E-state index contributed by atoms with van der Waals surface area (Å²) >= 11 is 0. The van der Waals surface area contributed by atoms with Gasteiger partial charge in [0.05, 0.1) is 11.1 Å². The fourth-order valence-electron chi connectivity index (χ4n) is 3.72. The predicted molar refractivity (Wildman–Crippen MR) is 93.6 cm³/mol. The maximum absolute atomic E-state index is 13.1. The van der Waals surface area contributed by atoms with E-state index in [2.05, 4.69) is 0 Å². The van der Waals surface area contributed by atoms with Gasteiger partial charge >= 0.3 is 6.09 Å². The second-order valence-corrected chi connectivity index (χ2v) is 6.62. The second-order valence-electron chi connectivity index (χ2n) is 6.62. The minimum absolute atomic E-state index is 0.00926. The largest absolute Gasteiger partial charge is 0.465 e. The molecular weight excluding hydrogens is 338 g/mol. The molecule has 2 heterocycles. The number of nitrogens with zero attached hydrogens (tertiary/aromatic N) is 2. The Hall–Kier alpha value is -2.87. The molecule has 1 spiro atoms.